The van der Waals surface area contributed by atoms with E-state index in [9.17, 15) is 5.11 Å². The number of thiazole rings is 1. The third kappa shape index (κ3) is 3.51. The molecule has 0 amide bonds. The molecule has 25 heavy (non-hydrogen) atoms. The van der Waals surface area contributed by atoms with Crippen LogP contribution in [0.2, 0.25) is 0 Å². The van der Waals surface area contributed by atoms with Crippen molar-refractivity contribution < 1.29 is 14.6 Å². The van der Waals surface area contributed by atoms with Crippen LogP contribution in [-0.2, 0) is 7.05 Å². The van der Waals surface area contributed by atoms with Crippen molar-refractivity contribution in [3.8, 4) is 17.2 Å². The fraction of sp³-hybridized carbons (Fsp3) is 0.222. The molecule has 3 rings (SSSR count). The summed E-state index contributed by atoms with van der Waals surface area (Å²) in [6, 6.07) is 11.2. The number of aryl methyl sites for hydroxylation is 1. The molecule has 0 saturated heterocycles. The van der Waals surface area contributed by atoms with Gasteiger partial charge in [0.15, 0.2) is 11.5 Å². The average Bonchev–Trinajstić information content (AvgIpc) is 2.92. The van der Waals surface area contributed by atoms with Crippen LogP contribution in [0, 0.1) is 0 Å². The minimum atomic E-state index is 0.0472. The van der Waals surface area contributed by atoms with E-state index in [1.165, 1.54) is 24.7 Å². The lowest BCUT2D eigenvalue weighted by molar-refractivity contribution is 0.341. The highest BCUT2D eigenvalue weighted by Gasteiger charge is 2.06. The maximum atomic E-state index is 10.1. The van der Waals surface area contributed by atoms with Gasteiger partial charge in [-0.1, -0.05) is 17.4 Å². The van der Waals surface area contributed by atoms with Gasteiger partial charge in [-0.15, -0.1) is 5.10 Å². The van der Waals surface area contributed by atoms with Crippen molar-refractivity contribution in [1.82, 2.24) is 4.57 Å². The molecule has 0 radical (unpaired) electrons. The molecule has 1 aromatic heterocycles. The number of aromatic nitrogens is 1. The molecule has 0 aliphatic carbocycles. The first kappa shape index (κ1) is 17.0. The van der Waals surface area contributed by atoms with E-state index in [4.69, 9.17) is 9.47 Å². The summed E-state index contributed by atoms with van der Waals surface area (Å²) in [4.78, 5) is 0.752. The molecule has 1 heterocycles. The summed E-state index contributed by atoms with van der Waals surface area (Å²) in [5.41, 5.74) is 1.61. The number of methoxy groups -OCH3 is 1. The van der Waals surface area contributed by atoms with E-state index < -0.39 is 0 Å². The smallest absolute Gasteiger partial charge is 0.211 e. The SMILES string of the molecule is CCOc1ccc2c(c1)sc(=NN=Cc1cccc(OC)c1O)n2C. The van der Waals surface area contributed by atoms with Gasteiger partial charge in [-0.2, -0.15) is 5.10 Å². The Morgan fingerprint density at radius 3 is 2.88 bits per heavy atom. The third-order valence-corrected chi connectivity index (χ3v) is 4.77. The van der Waals surface area contributed by atoms with Gasteiger partial charge in [-0.25, -0.2) is 0 Å². The second-order valence-electron chi connectivity index (χ2n) is 5.25. The topological polar surface area (TPSA) is 68.3 Å². The maximum absolute atomic E-state index is 10.1. The van der Waals surface area contributed by atoms with Crippen LogP contribution in [0.3, 0.4) is 0 Å². The number of aromatic hydroxyl groups is 1. The summed E-state index contributed by atoms with van der Waals surface area (Å²) in [5.74, 6) is 1.29. The van der Waals surface area contributed by atoms with Crippen LogP contribution in [0.25, 0.3) is 10.2 Å². The van der Waals surface area contributed by atoms with Crippen molar-refractivity contribution in [2.45, 2.75) is 6.92 Å². The van der Waals surface area contributed by atoms with E-state index in [1.807, 2.05) is 36.7 Å². The van der Waals surface area contributed by atoms with Gasteiger partial charge in [0.25, 0.3) is 0 Å². The Labute approximate surface area is 149 Å². The Bertz CT molecular complexity index is 989. The van der Waals surface area contributed by atoms with E-state index in [-0.39, 0.29) is 5.75 Å². The highest BCUT2D eigenvalue weighted by Crippen LogP contribution is 2.28. The minimum Gasteiger partial charge on any atom is -0.504 e. The first-order valence-electron chi connectivity index (χ1n) is 7.79. The molecule has 0 saturated carbocycles. The van der Waals surface area contributed by atoms with Gasteiger partial charge in [0.2, 0.25) is 4.80 Å². The molecule has 0 aliphatic heterocycles. The normalized spacial score (nSPS) is 12.2. The van der Waals surface area contributed by atoms with E-state index in [0.29, 0.717) is 17.9 Å². The van der Waals surface area contributed by atoms with E-state index in [0.717, 1.165) is 20.8 Å². The Morgan fingerprint density at radius 2 is 2.12 bits per heavy atom. The van der Waals surface area contributed by atoms with E-state index >= 15 is 0 Å². The summed E-state index contributed by atoms with van der Waals surface area (Å²) in [7, 11) is 3.45. The van der Waals surface area contributed by atoms with Crippen molar-refractivity contribution in [2.24, 2.45) is 17.3 Å². The van der Waals surface area contributed by atoms with E-state index in [1.54, 1.807) is 18.2 Å². The fourth-order valence-corrected chi connectivity index (χ4v) is 3.42. The number of hydrogen-bond donors (Lipinski definition) is 1. The number of nitrogens with zero attached hydrogens (tertiary/aromatic N) is 3. The molecular formula is C18H19N3O3S. The zero-order valence-electron chi connectivity index (χ0n) is 14.3. The molecule has 1 N–H and O–H groups in total. The number of para-hydroxylation sites is 1. The van der Waals surface area contributed by atoms with Crippen molar-refractivity contribution >= 4 is 27.8 Å². The minimum absolute atomic E-state index is 0.0472. The Morgan fingerprint density at radius 1 is 1.28 bits per heavy atom. The number of phenols is 1. The molecule has 0 unspecified atom stereocenters. The van der Waals surface area contributed by atoms with Gasteiger partial charge < -0.3 is 19.1 Å². The van der Waals surface area contributed by atoms with Gasteiger partial charge in [0.05, 0.1) is 30.1 Å². The predicted octanol–water partition coefficient (Wildman–Crippen LogP) is 3.29. The number of benzene rings is 2. The summed E-state index contributed by atoms with van der Waals surface area (Å²) < 4.78 is 13.7. The fourth-order valence-electron chi connectivity index (χ4n) is 2.42. The highest BCUT2D eigenvalue weighted by molar-refractivity contribution is 7.16. The molecule has 0 spiro atoms. The number of hydrogen-bond acceptors (Lipinski definition) is 6. The van der Waals surface area contributed by atoms with Crippen molar-refractivity contribution in [2.75, 3.05) is 13.7 Å². The van der Waals surface area contributed by atoms with Crippen molar-refractivity contribution in [1.29, 1.82) is 0 Å². The Hall–Kier alpha value is -2.80. The first-order chi connectivity index (χ1) is 12.1. The predicted molar refractivity (Wildman–Crippen MR) is 99.8 cm³/mol. The quantitative estimate of drug-likeness (QED) is 0.563. The number of ether oxygens (including phenoxy) is 2. The number of fused-ring (bicyclic) bond motifs is 1. The second kappa shape index (κ2) is 7.40. The zero-order chi connectivity index (χ0) is 17.8. The molecule has 2 aromatic carbocycles. The molecule has 130 valence electrons. The summed E-state index contributed by atoms with van der Waals surface area (Å²) in [5, 5.41) is 18.4. The summed E-state index contributed by atoms with van der Waals surface area (Å²) in [6.45, 7) is 2.59. The van der Waals surface area contributed by atoms with E-state index in [2.05, 4.69) is 10.2 Å². The van der Waals surface area contributed by atoms with Crippen LogP contribution in [0.15, 0.2) is 46.6 Å². The van der Waals surface area contributed by atoms with Gasteiger partial charge in [-0.05, 0) is 37.3 Å². The molecule has 0 atom stereocenters. The lowest BCUT2D eigenvalue weighted by Crippen LogP contribution is -2.08. The first-order valence-corrected chi connectivity index (χ1v) is 8.61. The lowest BCUT2D eigenvalue weighted by atomic mass is 10.2. The molecule has 6 nitrogen and oxygen atoms in total. The van der Waals surface area contributed by atoms with Gasteiger partial charge >= 0.3 is 0 Å². The van der Waals surface area contributed by atoms with Gasteiger partial charge in [0.1, 0.15) is 5.75 Å². The van der Waals surface area contributed by atoms with Crippen LogP contribution in [0.1, 0.15) is 12.5 Å². The van der Waals surface area contributed by atoms with Crippen molar-refractivity contribution in [3.63, 3.8) is 0 Å². The Balaban J connectivity index is 1.95. The zero-order valence-corrected chi connectivity index (χ0v) is 15.1. The largest absolute Gasteiger partial charge is 0.504 e. The average molecular weight is 357 g/mol. The van der Waals surface area contributed by atoms with Crippen molar-refractivity contribution in [3.05, 3.63) is 46.8 Å². The van der Waals surface area contributed by atoms with Crippen LogP contribution >= 0.6 is 11.3 Å². The number of phenolic OH excluding ortho intramolecular Hbond substituents is 1. The lowest BCUT2D eigenvalue weighted by Gasteiger charge is -2.04. The standard InChI is InChI=1S/C18H19N3O3S/c1-4-24-13-8-9-14-16(10-13)25-18(21(14)2)20-19-11-12-6-5-7-15(23-3)17(12)22/h5-11,22H,4H2,1-3H3. The third-order valence-electron chi connectivity index (χ3n) is 3.68. The van der Waals surface area contributed by atoms with Gasteiger partial charge in [0, 0.05) is 12.6 Å². The molecule has 0 bridgehead atoms. The van der Waals surface area contributed by atoms with Crippen LogP contribution in [0.4, 0.5) is 0 Å². The molecular weight excluding hydrogens is 338 g/mol. The highest BCUT2D eigenvalue weighted by atomic mass is 32.1. The summed E-state index contributed by atoms with van der Waals surface area (Å²) >= 11 is 1.53. The monoisotopic (exact) mass is 357 g/mol. The maximum Gasteiger partial charge on any atom is 0.211 e. The summed E-state index contributed by atoms with van der Waals surface area (Å²) in [6.07, 6.45) is 1.51. The van der Waals surface area contributed by atoms with Crippen LogP contribution in [0.5, 0.6) is 17.2 Å². The van der Waals surface area contributed by atoms with Crippen LogP contribution < -0.4 is 14.3 Å². The van der Waals surface area contributed by atoms with Gasteiger partial charge in [-0.3, -0.25) is 0 Å². The number of rotatable bonds is 5. The Kier molecular flexibility index (Phi) is 5.04. The molecule has 0 aliphatic rings. The molecule has 0 fully saturated rings. The van der Waals surface area contributed by atoms with Crippen LogP contribution in [-0.4, -0.2) is 29.6 Å². The molecule has 7 heteroatoms. The second-order valence-corrected chi connectivity index (χ2v) is 6.26. The molecule has 3 aromatic rings.